The molecule has 0 bridgehead atoms. The van der Waals surface area contributed by atoms with Crippen molar-refractivity contribution in [3.63, 3.8) is 0 Å². The maximum atomic E-state index is 12.7. The molecule has 0 aliphatic heterocycles. The van der Waals surface area contributed by atoms with E-state index in [2.05, 4.69) is 4.98 Å². The van der Waals surface area contributed by atoms with Crippen LogP contribution in [0.15, 0.2) is 48.7 Å². The van der Waals surface area contributed by atoms with Gasteiger partial charge in [-0.05, 0) is 47.8 Å². The third kappa shape index (κ3) is 6.17. The Morgan fingerprint density at radius 3 is 2.57 bits per heavy atom. The minimum Gasteiger partial charge on any atom is -0.497 e. The molecule has 0 unspecified atom stereocenters. The number of nitro groups is 1. The van der Waals surface area contributed by atoms with E-state index in [0.717, 1.165) is 5.56 Å². The van der Waals surface area contributed by atoms with Crippen LogP contribution >= 0.6 is 0 Å². The second-order valence-electron chi connectivity index (χ2n) is 7.32. The van der Waals surface area contributed by atoms with Crippen molar-refractivity contribution in [1.29, 1.82) is 0 Å². The highest BCUT2D eigenvalue weighted by molar-refractivity contribution is 6.08. The molecule has 0 radical (unpaired) electrons. The molecule has 0 aliphatic rings. The molecule has 0 saturated carbocycles. The average molecular weight is 482 g/mol. The Morgan fingerprint density at radius 2 is 1.89 bits per heavy atom. The number of benzene rings is 2. The molecule has 184 valence electrons. The number of carbonyl (C=O) groups excluding carboxylic acids is 1. The van der Waals surface area contributed by atoms with Crippen molar-refractivity contribution in [2.45, 2.75) is 20.4 Å². The molecule has 0 fully saturated rings. The summed E-state index contributed by atoms with van der Waals surface area (Å²) < 4.78 is 23.5. The first-order valence-corrected chi connectivity index (χ1v) is 10.9. The Kier molecular flexibility index (Phi) is 8.44. The van der Waals surface area contributed by atoms with Gasteiger partial charge in [0.1, 0.15) is 30.8 Å². The van der Waals surface area contributed by atoms with Gasteiger partial charge in [0.2, 0.25) is 0 Å². The molecule has 0 saturated heterocycles. The van der Waals surface area contributed by atoms with E-state index in [-0.39, 0.29) is 24.8 Å². The number of methoxy groups -OCH3 is 2. The Morgan fingerprint density at radius 1 is 1.09 bits per heavy atom. The van der Waals surface area contributed by atoms with Gasteiger partial charge in [0.15, 0.2) is 23.1 Å². The number of nitrogens with zero attached hydrogens (tertiary/aromatic N) is 3. The third-order valence-corrected chi connectivity index (χ3v) is 5.16. The van der Waals surface area contributed by atoms with Gasteiger partial charge < -0.3 is 29.1 Å². The zero-order valence-electron chi connectivity index (χ0n) is 20.0. The summed E-state index contributed by atoms with van der Waals surface area (Å²) in [6, 6.07) is 10.3. The highest BCUT2D eigenvalue weighted by Gasteiger charge is 2.17. The largest absolute Gasteiger partial charge is 0.497 e. The molecule has 35 heavy (non-hydrogen) atoms. The van der Waals surface area contributed by atoms with Gasteiger partial charge >= 0.3 is 5.82 Å². The lowest BCUT2D eigenvalue weighted by Gasteiger charge is -2.12. The van der Waals surface area contributed by atoms with Crippen molar-refractivity contribution < 1.29 is 28.7 Å². The molecule has 0 N–H and O–H groups in total. The molecule has 3 rings (SSSR count). The fourth-order valence-electron chi connectivity index (χ4n) is 3.40. The summed E-state index contributed by atoms with van der Waals surface area (Å²) in [5, 5.41) is 11.2. The zero-order valence-corrected chi connectivity index (χ0v) is 20.0. The summed E-state index contributed by atoms with van der Waals surface area (Å²) in [7, 11) is 3.04. The fraction of sp³-hybridized carbons (Fsp3) is 0.280. The van der Waals surface area contributed by atoms with Crippen LogP contribution in [-0.2, 0) is 6.54 Å². The number of allylic oxidation sites excluding steroid dienone is 1. The van der Waals surface area contributed by atoms with Gasteiger partial charge in [-0.25, -0.2) is 9.55 Å². The third-order valence-electron chi connectivity index (χ3n) is 5.16. The van der Waals surface area contributed by atoms with E-state index in [9.17, 15) is 14.9 Å². The molecule has 0 spiro atoms. The second-order valence-corrected chi connectivity index (χ2v) is 7.32. The van der Waals surface area contributed by atoms with E-state index in [1.165, 1.54) is 23.9 Å². The van der Waals surface area contributed by atoms with E-state index < -0.39 is 4.92 Å². The van der Waals surface area contributed by atoms with Gasteiger partial charge in [-0.1, -0.05) is 12.1 Å². The number of rotatable bonds is 12. The fourth-order valence-corrected chi connectivity index (χ4v) is 3.40. The maximum absolute atomic E-state index is 12.7. The topological polar surface area (TPSA) is 115 Å². The number of ether oxygens (including phenoxy) is 4. The number of aromatic nitrogens is 2. The normalized spacial score (nSPS) is 10.9. The van der Waals surface area contributed by atoms with Crippen LogP contribution in [0.2, 0.25) is 0 Å². The van der Waals surface area contributed by atoms with Crippen LogP contribution in [0.5, 0.6) is 23.0 Å². The van der Waals surface area contributed by atoms with E-state index in [0.29, 0.717) is 41.0 Å². The predicted molar refractivity (Wildman–Crippen MR) is 130 cm³/mol. The molecule has 10 nitrogen and oxygen atoms in total. The molecule has 1 aromatic heterocycles. The molecular formula is C25H27N3O7. The van der Waals surface area contributed by atoms with Gasteiger partial charge in [-0.2, -0.15) is 0 Å². The van der Waals surface area contributed by atoms with Gasteiger partial charge in [0.25, 0.3) is 0 Å². The van der Waals surface area contributed by atoms with Crippen LogP contribution < -0.4 is 18.9 Å². The summed E-state index contributed by atoms with van der Waals surface area (Å²) in [4.78, 5) is 27.4. The summed E-state index contributed by atoms with van der Waals surface area (Å²) in [5.74, 6) is 2.23. The molecule has 3 aromatic rings. The van der Waals surface area contributed by atoms with Crippen molar-refractivity contribution in [2.75, 3.05) is 27.4 Å². The molecule has 2 aromatic carbocycles. The molecular weight excluding hydrogens is 454 g/mol. The quantitative estimate of drug-likeness (QED) is 0.161. The molecule has 10 heteroatoms. The van der Waals surface area contributed by atoms with Crippen LogP contribution in [-0.4, -0.2) is 47.7 Å². The molecule has 0 atom stereocenters. The van der Waals surface area contributed by atoms with Crippen molar-refractivity contribution in [2.24, 2.45) is 0 Å². The Labute approximate surface area is 202 Å². The van der Waals surface area contributed by atoms with E-state index in [1.54, 1.807) is 56.5 Å². The van der Waals surface area contributed by atoms with Gasteiger partial charge in [-0.15, -0.1) is 0 Å². The summed E-state index contributed by atoms with van der Waals surface area (Å²) in [6.07, 6.45) is 4.36. The summed E-state index contributed by atoms with van der Waals surface area (Å²) in [6.45, 7) is 4.40. The minimum absolute atomic E-state index is 0.0882. The van der Waals surface area contributed by atoms with E-state index in [1.807, 2.05) is 6.92 Å². The number of hydrogen-bond acceptors (Lipinski definition) is 8. The highest BCUT2D eigenvalue weighted by Crippen LogP contribution is 2.30. The monoisotopic (exact) mass is 481 g/mol. The number of hydrogen-bond donors (Lipinski definition) is 0. The van der Waals surface area contributed by atoms with Crippen molar-refractivity contribution >= 4 is 17.7 Å². The number of ketones is 1. The first-order valence-electron chi connectivity index (χ1n) is 10.9. The predicted octanol–water partition coefficient (Wildman–Crippen LogP) is 4.49. The summed E-state index contributed by atoms with van der Waals surface area (Å²) >= 11 is 0. The number of carbonyl (C=O) groups is 1. The number of aryl methyl sites for hydroxylation is 1. The number of imidazole rings is 1. The molecule has 0 amide bonds. The lowest BCUT2D eigenvalue weighted by atomic mass is 10.1. The average Bonchev–Trinajstić information content (AvgIpc) is 3.23. The maximum Gasteiger partial charge on any atom is 0.342 e. The molecule has 0 aliphatic carbocycles. The summed E-state index contributed by atoms with van der Waals surface area (Å²) in [5.41, 5.74) is 1.15. The molecule has 1 heterocycles. The van der Waals surface area contributed by atoms with E-state index >= 15 is 0 Å². The van der Waals surface area contributed by atoms with E-state index in [4.69, 9.17) is 18.9 Å². The minimum atomic E-state index is -0.477. The lowest BCUT2D eigenvalue weighted by Crippen LogP contribution is -2.12. The van der Waals surface area contributed by atoms with Gasteiger partial charge in [-0.3, -0.25) is 4.79 Å². The van der Waals surface area contributed by atoms with Crippen LogP contribution in [0.25, 0.3) is 6.08 Å². The van der Waals surface area contributed by atoms with Gasteiger partial charge in [0, 0.05) is 13.0 Å². The second kappa shape index (κ2) is 11.7. The Bertz CT molecular complexity index is 1230. The van der Waals surface area contributed by atoms with Crippen molar-refractivity contribution in [3.8, 4) is 23.0 Å². The van der Waals surface area contributed by atoms with Crippen LogP contribution in [0, 0.1) is 17.0 Å². The van der Waals surface area contributed by atoms with Crippen LogP contribution in [0.4, 0.5) is 5.82 Å². The zero-order chi connectivity index (χ0) is 25.4. The SMILES string of the molecule is CCOc1cc(C=CC(=O)c2ccc(OC)cc2OC)ccc1OCCn1c([N+](=O)[O-])cnc1C. The Hall–Kier alpha value is -4.34. The van der Waals surface area contributed by atoms with Crippen molar-refractivity contribution in [1.82, 2.24) is 9.55 Å². The van der Waals surface area contributed by atoms with Crippen LogP contribution in [0.3, 0.4) is 0 Å². The standard InChI is InChI=1S/C25H27N3O7/c1-5-34-24-14-18(6-10-21(29)20-9-8-19(32-3)15-23(20)33-4)7-11-22(24)35-13-12-27-17(2)26-16-25(27)28(30)31/h6-11,14-16H,5,12-13H2,1-4H3. The smallest absolute Gasteiger partial charge is 0.342 e. The van der Waals surface area contributed by atoms with Crippen molar-refractivity contribution in [3.05, 3.63) is 75.7 Å². The van der Waals surface area contributed by atoms with Crippen LogP contribution in [0.1, 0.15) is 28.7 Å². The van der Waals surface area contributed by atoms with Gasteiger partial charge in [0.05, 0.1) is 26.4 Å². The Balaban J connectivity index is 1.72. The lowest BCUT2D eigenvalue weighted by molar-refractivity contribution is -0.392. The highest BCUT2D eigenvalue weighted by atomic mass is 16.6. The first-order chi connectivity index (χ1) is 16.9. The first kappa shape index (κ1) is 25.3.